The first-order chi connectivity index (χ1) is 20.1. The van der Waals surface area contributed by atoms with E-state index in [0.717, 1.165) is 11.1 Å². The second-order valence-electron chi connectivity index (χ2n) is 10.5. The summed E-state index contributed by atoms with van der Waals surface area (Å²) in [6.45, 7) is 3.96. The van der Waals surface area contributed by atoms with Crippen LogP contribution >= 0.6 is 0 Å². The maximum absolute atomic E-state index is 13.5. The van der Waals surface area contributed by atoms with Gasteiger partial charge in [-0.25, -0.2) is 4.39 Å². The van der Waals surface area contributed by atoms with Crippen molar-refractivity contribution in [2.24, 2.45) is 0 Å². The van der Waals surface area contributed by atoms with Gasteiger partial charge in [0.15, 0.2) is 5.75 Å². The fourth-order valence-electron chi connectivity index (χ4n) is 4.88. The van der Waals surface area contributed by atoms with Crippen LogP contribution in [0.15, 0.2) is 78.9 Å². The molecular formula is C32H29FN4O5. The van der Waals surface area contributed by atoms with Gasteiger partial charge in [-0.1, -0.05) is 24.3 Å². The van der Waals surface area contributed by atoms with E-state index in [1.807, 2.05) is 18.2 Å². The Hall–Kier alpha value is -5.25. The number of benzene rings is 4. The molecule has 0 atom stereocenters. The number of methoxy groups -OCH3 is 1. The van der Waals surface area contributed by atoms with Crippen molar-refractivity contribution < 1.29 is 23.6 Å². The van der Waals surface area contributed by atoms with Crippen molar-refractivity contribution in [3.8, 4) is 16.9 Å². The van der Waals surface area contributed by atoms with Gasteiger partial charge in [0.1, 0.15) is 5.82 Å². The molecule has 1 aliphatic heterocycles. The fourth-order valence-corrected chi connectivity index (χ4v) is 4.88. The van der Waals surface area contributed by atoms with Gasteiger partial charge in [-0.05, 0) is 91.1 Å². The van der Waals surface area contributed by atoms with E-state index >= 15 is 0 Å². The molecule has 0 saturated carbocycles. The molecule has 4 aromatic rings. The van der Waals surface area contributed by atoms with E-state index in [4.69, 9.17) is 4.74 Å². The number of nitro benzene ring substituents is 1. The zero-order valence-corrected chi connectivity index (χ0v) is 23.3. The first-order valence-corrected chi connectivity index (χ1v) is 13.3. The quantitative estimate of drug-likeness (QED) is 0.168. The van der Waals surface area contributed by atoms with Crippen LogP contribution in [0.5, 0.6) is 5.75 Å². The Morgan fingerprint density at radius 2 is 1.71 bits per heavy atom. The summed E-state index contributed by atoms with van der Waals surface area (Å²) in [5.74, 6) is -0.696. The number of anilines is 3. The van der Waals surface area contributed by atoms with E-state index in [9.17, 15) is 24.1 Å². The molecule has 0 aliphatic carbocycles. The number of nitro groups is 1. The number of nitrogens with zero attached hydrogens (tertiary/aromatic N) is 1. The molecular weight excluding hydrogens is 539 g/mol. The predicted octanol–water partition coefficient (Wildman–Crippen LogP) is 6.36. The summed E-state index contributed by atoms with van der Waals surface area (Å²) >= 11 is 0. The van der Waals surface area contributed by atoms with Crippen LogP contribution in [0.2, 0.25) is 0 Å². The highest BCUT2D eigenvalue weighted by atomic mass is 19.1. The van der Waals surface area contributed by atoms with Gasteiger partial charge in [-0.15, -0.1) is 0 Å². The molecule has 0 unspecified atom stereocenters. The number of carbonyl (C=O) groups excluding carboxylic acids is 2. The molecule has 2 amide bonds. The van der Waals surface area contributed by atoms with Crippen LogP contribution in [0, 0.1) is 15.9 Å². The smallest absolute Gasteiger partial charge is 0.310 e. The second-order valence-corrected chi connectivity index (χ2v) is 10.5. The van der Waals surface area contributed by atoms with Crippen LogP contribution in [-0.2, 0) is 16.6 Å². The highest BCUT2D eigenvalue weighted by molar-refractivity contribution is 6.12. The van der Waals surface area contributed by atoms with Crippen LogP contribution in [-0.4, -0.2) is 30.4 Å². The lowest BCUT2D eigenvalue weighted by Gasteiger charge is -2.25. The maximum atomic E-state index is 13.5. The van der Waals surface area contributed by atoms with Gasteiger partial charge in [0.25, 0.3) is 5.91 Å². The molecule has 9 nitrogen and oxygen atoms in total. The SMILES string of the molecule is COc1cc(-c2ccc3c(c2)Nc2ccc(C(C)(C)C(=O)NCCc4cccc(F)c4)cc2NC3=O)ccc1[N+](=O)[O-]. The van der Waals surface area contributed by atoms with Crippen LogP contribution in [0.4, 0.5) is 27.1 Å². The average Bonchev–Trinajstić information content (AvgIpc) is 3.11. The van der Waals surface area contributed by atoms with Gasteiger partial charge in [-0.2, -0.15) is 0 Å². The molecule has 5 rings (SSSR count). The highest BCUT2D eigenvalue weighted by Crippen LogP contribution is 2.38. The van der Waals surface area contributed by atoms with E-state index in [-0.39, 0.29) is 29.1 Å². The number of rotatable bonds is 8. The fraction of sp³-hybridized carbons (Fsp3) is 0.188. The number of hydrogen-bond donors (Lipinski definition) is 3. The molecule has 0 aromatic heterocycles. The number of nitrogens with one attached hydrogen (secondary N) is 3. The summed E-state index contributed by atoms with van der Waals surface area (Å²) < 4.78 is 18.7. The van der Waals surface area contributed by atoms with Gasteiger partial charge in [0, 0.05) is 12.6 Å². The molecule has 0 radical (unpaired) electrons. The Morgan fingerprint density at radius 1 is 0.952 bits per heavy atom. The summed E-state index contributed by atoms with van der Waals surface area (Å²) in [4.78, 5) is 37.1. The molecule has 1 aliphatic rings. The van der Waals surface area contributed by atoms with Crippen LogP contribution in [0.3, 0.4) is 0 Å². The van der Waals surface area contributed by atoms with E-state index in [1.54, 1.807) is 56.3 Å². The predicted molar refractivity (Wildman–Crippen MR) is 159 cm³/mol. The van der Waals surface area contributed by atoms with E-state index in [1.165, 1.54) is 25.3 Å². The van der Waals surface area contributed by atoms with Crippen molar-refractivity contribution >= 4 is 34.6 Å². The molecule has 10 heteroatoms. The van der Waals surface area contributed by atoms with E-state index < -0.39 is 10.3 Å². The summed E-state index contributed by atoms with van der Waals surface area (Å²) in [7, 11) is 1.37. The van der Waals surface area contributed by atoms with Gasteiger partial charge in [0.2, 0.25) is 5.91 Å². The van der Waals surface area contributed by atoms with Crippen molar-refractivity contribution in [2.45, 2.75) is 25.7 Å². The molecule has 0 fully saturated rings. The Bertz CT molecular complexity index is 1720. The normalized spacial score (nSPS) is 12.2. The number of halogens is 1. The van der Waals surface area contributed by atoms with Gasteiger partial charge in [0.05, 0.1) is 40.1 Å². The molecule has 0 saturated heterocycles. The van der Waals surface area contributed by atoms with E-state index in [2.05, 4.69) is 16.0 Å². The summed E-state index contributed by atoms with van der Waals surface area (Å²) in [5, 5.41) is 20.5. The first kappa shape index (κ1) is 28.3. The standard InChI is InChI=1S/C32H29FN4O5/c1-32(2,31(39)34-14-13-19-5-4-6-23(33)15-19)22-9-11-25-27(18-22)36-30(38)24-10-7-20(16-26(24)35-25)21-8-12-28(37(40)41)29(17-21)42-3/h4-12,15-18,35H,13-14H2,1-3H3,(H,34,39)(H,36,38). The molecule has 4 aromatic carbocycles. The summed E-state index contributed by atoms with van der Waals surface area (Å²) in [6, 6.07) is 21.5. The molecule has 0 bridgehead atoms. The molecule has 42 heavy (non-hydrogen) atoms. The van der Waals surface area contributed by atoms with Gasteiger partial charge < -0.3 is 20.7 Å². The monoisotopic (exact) mass is 568 g/mol. The number of ether oxygens (including phenoxy) is 1. The van der Waals surface area contributed by atoms with Crippen molar-refractivity contribution in [3.63, 3.8) is 0 Å². The number of amides is 2. The molecule has 3 N–H and O–H groups in total. The lowest BCUT2D eigenvalue weighted by Crippen LogP contribution is -2.41. The minimum atomic E-state index is -0.914. The van der Waals surface area contributed by atoms with Crippen molar-refractivity contribution in [1.29, 1.82) is 0 Å². The van der Waals surface area contributed by atoms with Crippen LogP contribution < -0.4 is 20.7 Å². The third-order valence-corrected chi connectivity index (χ3v) is 7.39. The van der Waals surface area contributed by atoms with Gasteiger partial charge >= 0.3 is 5.69 Å². The van der Waals surface area contributed by atoms with Crippen LogP contribution in [0.1, 0.15) is 35.3 Å². The lowest BCUT2D eigenvalue weighted by molar-refractivity contribution is -0.385. The molecule has 0 spiro atoms. The summed E-state index contributed by atoms with van der Waals surface area (Å²) in [6.07, 6.45) is 0.497. The van der Waals surface area contributed by atoms with Gasteiger partial charge in [-0.3, -0.25) is 19.7 Å². The first-order valence-electron chi connectivity index (χ1n) is 13.3. The zero-order chi connectivity index (χ0) is 30.0. The van der Waals surface area contributed by atoms with Crippen molar-refractivity contribution in [1.82, 2.24) is 5.32 Å². The molecule has 214 valence electrons. The van der Waals surface area contributed by atoms with E-state index in [0.29, 0.717) is 46.7 Å². The average molecular weight is 569 g/mol. The summed E-state index contributed by atoms with van der Waals surface area (Å²) in [5.41, 5.74) is 4.01. The third kappa shape index (κ3) is 5.64. The second kappa shape index (κ2) is 11.3. The topological polar surface area (TPSA) is 123 Å². The number of carbonyl (C=O) groups is 2. The van der Waals surface area contributed by atoms with Crippen molar-refractivity contribution in [2.75, 3.05) is 24.3 Å². The zero-order valence-electron chi connectivity index (χ0n) is 23.3. The lowest BCUT2D eigenvalue weighted by atomic mass is 9.83. The minimum Gasteiger partial charge on any atom is -0.490 e. The largest absolute Gasteiger partial charge is 0.490 e. The maximum Gasteiger partial charge on any atom is 0.310 e. The number of hydrogen-bond acceptors (Lipinski definition) is 6. The Labute approximate surface area is 241 Å². The highest BCUT2D eigenvalue weighted by Gasteiger charge is 2.31. The Morgan fingerprint density at radius 3 is 2.45 bits per heavy atom. The molecule has 1 heterocycles. The Balaban J connectivity index is 1.36. The Kier molecular flexibility index (Phi) is 7.62. The minimum absolute atomic E-state index is 0.136. The van der Waals surface area contributed by atoms with Crippen molar-refractivity contribution in [3.05, 3.63) is 111 Å². The third-order valence-electron chi connectivity index (χ3n) is 7.39. The number of fused-ring (bicyclic) bond motifs is 2. The van der Waals surface area contributed by atoms with Crippen LogP contribution in [0.25, 0.3) is 11.1 Å².